The molecule has 1 aliphatic heterocycles. The molecule has 2 aromatic carbocycles. The first-order valence-electron chi connectivity index (χ1n) is 7.09. The highest BCUT2D eigenvalue weighted by Crippen LogP contribution is 2.29. The van der Waals surface area contributed by atoms with Crippen molar-refractivity contribution in [1.82, 2.24) is 0 Å². The van der Waals surface area contributed by atoms with Gasteiger partial charge in [0.25, 0.3) is 0 Å². The van der Waals surface area contributed by atoms with Crippen LogP contribution >= 0.6 is 11.6 Å². The van der Waals surface area contributed by atoms with Crippen molar-refractivity contribution in [2.24, 2.45) is 4.99 Å². The molecule has 0 bridgehead atoms. The zero-order valence-corrected chi connectivity index (χ0v) is 13.7. The number of ether oxygens (including phenoxy) is 2. The van der Waals surface area contributed by atoms with Crippen LogP contribution in [0.5, 0.6) is 5.75 Å². The molecule has 8 heteroatoms. The Hall–Kier alpha value is -3.19. The summed E-state index contributed by atoms with van der Waals surface area (Å²) in [6.45, 7) is 0. The molecule has 0 atom stereocenters. The lowest BCUT2D eigenvalue weighted by Crippen LogP contribution is -2.05. The summed E-state index contributed by atoms with van der Waals surface area (Å²) in [6.07, 6.45) is 1.40. The summed E-state index contributed by atoms with van der Waals surface area (Å²) in [5.41, 5.74) is 0.721. The zero-order chi connectivity index (χ0) is 18.0. The number of aliphatic imine (C=N–C) groups is 1. The lowest BCUT2D eigenvalue weighted by atomic mass is 10.1. The van der Waals surface area contributed by atoms with Crippen molar-refractivity contribution in [2.45, 2.75) is 0 Å². The van der Waals surface area contributed by atoms with Gasteiger partial charge >= 0.3 is 11.7 Å². The Morgan fingerprint density at radius 1 is 1.28 bits per heavy atom. The van der Waals surface area contributed by atoms with E-state index in [4.69, 9.17) is 21.1 Å². The van der Waals surface area contributed by atoms with Crippen molar-refractivity contribution in [3.63, 3.8) is 0 Å². The second-order valence-corrected chi connectivity index (χ2v) is 5.41. The van der Waals surface area contributed by atoms with Crippen molar-refractivity contribution in [2.75, 3.05) is 7.11 Å². The molecular formula is C17H11ClN2O5. The minimum atomic E-state index is -0.659. The van der Waals surface area contributed by atoms with Gasteiger partial charge in [-0.05, 0) is 29.8 Å². The van der Waals surface area contributed by atoms with Crippen molar-refractivity contribution >= 4 is 35.2 Å². The molecule has 0 N–H and O–H groups in total. The van der Waals surface area contributed by atoms with Crippen LogP contribution in [0, 0.1) is 10.1 Å². The lowest BCUT2D eigenvalue weighted by molar-refractivity contribution is -0.385. The predicted octanol–water partition coefficient (Wildman–Crippen LogP) is 3.60. The van der Waals surface area contributed by atoms with Crippen LogP contribution in [0.15, 0.2) is 53.2 Å². The average molecular weight is 359 g/mol. The molecule has 0 aromatic heterocycles. The maximum Gasteiger partial charge on any atom is 0.363 e. The third-order valence-corrected chi connectivity index (χ3v) is 3.76. The smallest absolute Gasteiger partial charge is 0.363 e. The summed E-state index contributed by atoms with van der Waals surface area (Å²) in [5, 5.41) is 11.5. The van der Waals surface area contributed by atoms with Crippen LogP contribution in [0.4, 0.5) is 5.69 Å². The number of hydrogen-bond acceptors (Lipinski definition) is 6. The van der Waals surface area contributed by atoms with E-state index < -0.39 is 10.9 Å². The molecule has 126 valence electrons. The molecule has 1 aliphatic rings. The Kier molecular flexibility index (Phi) is 4.49. The summed E-state index contributed by atoms with van der Waals surface area (Å²) >= 11 is 6.07. The number of nitro benzene ring substituents is 1. The van der Waals surface area contributed by atoms with Crippen molar-refractivity contribution in [3.8, 4) is 5.75 Å². The maximum atomic E-state index is 12.0. The number of nitro groups is 1. The van der Waals surface area contributed by atoms with Gasteiger partial charge in [0.05, 0.1) is 22.6 Å². The van der Waals surface area contributed by atoms with Gasteiger partial charge in [0, 0.05) is 6.07 Å². The first-order valence-corrected chi connectivity index (χ1v) is 7.47. The van der Waals surface area contributed by atoms with Crippen LogP contribution in [0.25, 0.3) is 6.08 Å². The molecule has 0 radical (unpaired) electrons. The number of esters is 1. The van der Waals surface area contributed by atoms with Crippen LogP contribution in [0.3, 0.4) is 0 Å². The number of rotatable bonds is 4. The second-order valence-electron chi connectivity index (χ2n) is 5.00. The van der Waals surface area contributed by atoms with Gasteiger partial charge in [0.1, 0.15) is 0 Å². The maximum absolute atomic E-state index is 12.0. The molecule has 0 saturated heterocycles. The minimum Gasteiger partial charge on any atom is -0.490 e. The number of halogens is 1. The van der Waals surface area contributed by atoms with E-state index in [0.29, 0.717) is 16.1 Å². The Morgan fingerprint density at radius 3 is 2.72 bits per heavy atom. The molecule has 0 saturated carbocycles. The van der Waals surface area contributed by atoms with E-state index in [0.717, 1.165) is 0 Å². The Morgan fingerprint density at radius 2 is 2.04 bits per heavy atom. The predicted molar refractivity (Wildman–Crippen MR) is 91.7 cm³/mol. The van der Waals surface area contributed by atoms with Gasteiger partial charge in [-0.2, -0.15) is 0 Å². The number of cyclic esters (lactones) is 1. The Bertz CT molecular complexity index is 936. The van der Waals surface area contributed by atoms with Crippen molar-refractivity contribution < 1.29 is 19.2 Å². The summed E-state index contributed by atoms with van der Waals surface area (Å²) in [5.74, 6) is -0.445. The van der Waals surface area contributed by atoms with Crippen molar-refractivity contribution in [1.29, 1.82) is 0 Å². The van der Waals surface area contributed by atoms with E-state index in [-0.39, 0.29) is 23.0 Å². The van der Waals surface area contributed by atoms with Crippen molar-refractivity contribution in [3.05, 3.63) is 74.4 Å². The molecule has 0 unspecified atom stereocenters. The van der Waals surface area contributed by atoms with E-state index in [1.807, 2.05) is 0 Å². The van der Waals surface area contributed by atoms with Crippen LogP contribution in [-0.4, -0.2) is 23.9 Å². The summed E-state index contributed by atoms with van der Waals surface area (Å²) in [4.78, 5) is 26.7. The van der Waals surface area contributed by atoms with E-state index in [2.05, 4.69) is 4.99 Å². The van der Waals surface area contributed by atoms with Crippen LogP contribution in [0.2, 0.25) is 5.02 Å². The summed E-state index contributed by atoms with van der Waals surface area (Å²) in [7, 11) is 1.34. The number of carbonyl (C=O) groups excluding carboxylic acids is 1. The minimum absolute atomic E-state index is 0.0226. The molecule has 0 fully saturated rings. The molecule has 2 aromatic rings. The van der Waals surface area contributed by atoms with Crippen LogP contribution in [-0.2, 0) is 9.53 Å². The van der Waals surface area contributed by atoms with E-state index in [1.54, 1.807) is 30.3 Å². The largest absolute Gasteiger partial charge is 0.490 e. The number of hydrogen-bond donors (Lipinski definition) is 0. The summed E-state index contributed by atoms with van der Waals surface area (Å²) < 4.78 is 10.1. The first-order chi connectivity index (χ1) is 12.0. The highest BCUT2D eigenvalue weighted by Gasteiger charge is 2.26. The fourth-order valence-electron chi connectivity index (χ4n) is 2.26. The molecular weight excluding hydrogens is 348 g/mol. The molecule has 0 aliphatic carbocycles. The normalized spacial score (nSPS) is 15.0. The van der Waals surface area contributed by atoms with E-state index >= 15 is 0 Å². The fourth-order valence-corrected chi connectivity index (χ4v) is 2.47. The molecule has 0 spiro atoms. The average Bonchev–Trinajstić information content (AvgIpc) is 2.95. The lowest BCUT2D eigenvalue weighted by Gasteiger charge is -2.02. The Balaban J connectivity index is 1.99. The topological polar surface area (TPSA) is 91.0 Å². The highest BCUT2D eigenvalue weighted by atomic mass is 35.5. The van der Waals surface area contributed by atoms with Gasteiger partial charge in [-0.15, -0.1) is 0 Å². The van der Waals surface area contributed by atoms with Gasteiger partial charge in [0.2, 0.25) is 5.90 Å². The van der Waals surface area contributed by atoms with Crippen LogP contribution in [0.1, 0.15) is 11.1 Å². The second kappa shape index (κ2) is 6.74. The van der Waals surface area contributed by atoms with E-state index in [1.165, 1.54) is 25.3 Å². The number of carbonyl (C=O) groups is 1. The molecule has 0 amide bonds. The number of benzene rings is 2. The molecule has 25 heavy (non-hydrogen) atoms. The quantitative estimate of drug-likeness (QED) is 0.360. The monoisotopic (exact) mass is 358 g/mol. The zero-order valence-electron chi connectivity index (χ0n) is 12.9. The SMILES string of the molecule is COc1ccc(/C=C2/N=C(c3ccccc3Cl)OC2=O)cc1[N+](=O)[O-]. The van der Waals surface area contributed by atoms with Gasteiger partial charge in [-0.3, -0.25) is 10.1 Å². The van der Waals surface area contributed by atoms with E-state index in [9.17, 15) is 14.9 Å². The standard InChI is InChI=1S/C17H11ClN2O5/c1-24-15-7-6-10(9-14(15)20(22)23)8-13-17(21)25-16(19-13)11-4-2-3-5-12(11)18/h2-9H,1H3/b13-8+. The van der Waals surface area contributed by atoms with Gasteiger partial charge in [-0.25, -0.2) is 9.79 Å². The fraction of sp³-hybridized carbons (Fsp3) is 0.0588. The number of methoxy groups -OCH3 is 1. The Labute approximate surface area is 147 Å². The summed E-state index contributed by atoms with van der Waals surface area (Å²) in [6, 6.07) is 11.1. The first kappa shape index (κ1) is 16.7. The molecule has 7 nitrogen and oxygen atoms in total. The third kappa shape index (κ3) is 3.36. The van der Waals surface area contributed by atoms with Gasteiger partial charge in [0.15, 0.2) is 11.4 Å². The number of nitrogens with zero attached hydrogens (tertiary/aromatic N) is 2. The van der Waals surface area contributed by atoms with Gasteiger partial charge in [-0.1, -0.05) is 29.8 Å². The molecule has 3 rings (SSSR count). The third-order valence-electron chi connectivity index (χ3n) is 3.43. The van der Waals surface area contributed by atoms with Crippen LogP contribution < -0.4 is 4.74 Å². The molecule has 1 heterocycles. The van der Waals surface area contributed by atoms with Gasteiger partial charge < -0.3 is 9.47 Å². The highest BCUT2D eigenvalue weighted by molar-refractivity contribution is 6.34.